The first-order valence-corrected chi connectivity index (χ1v) is 10.1. The molecule has 2 aromatic rings. The zero-order valence-corrected chi connectivity index (χ0v) is 15.4. The average molecular weight is 370 g/mol. The Bertz CT molecular complexity index is 767. The number of likely N-dealkylation sites (tertiary alicyclic amines) is 1. The second-order valence-electron chi connectivity index (χ2n) is 6.74. The van der Waals surface area contributed by atoms with E-state index in [9.17, 15) is 9.59 Å². The van der Waals surface area contributed by atoms with Gasteiger partial charge in [0.1, 0.15) is 11.1 Å². The molecule has 5 nitrogen and oxygen atoms in total. The molecule has 0 bridgehead atoms. The van der Waals surface area contributed by atoms with Gasteiger partial charge < -0.3 is 14.2 Å². The third kappa shape index (κ3) is 3.51. The Morgan fingerprint density at radius 1 is 1.12 bits per heavy atom. The fraction of sp³-hybridized carbons (Fsp3) is 0.400. The first-order chi connectivity index (χ1) is 12.7. The Hall–Kier alpha value is -2.21. The van der Waals surface area contributed by atoms with Gasteiger partial charge in [0.25, 0.3) is 5.91 Å². The van der Waals surface area contributed by atoms with Crippen LogP contribution in [-0.2, 0) is 11.3 Å². The van der Waals surface area contributed by atoms with E-state index in [2.05, 4.69) is 0 Å². The number of hydrogen-bond donors (Lipinski definition) is 0. The van der Waals surface area contributed by atoms with Crippen LogP contribution in [0, 0.1) is 0 Å². The van der Waals surface area contributed by atoms with Crippen LogP contribution in [-0.4, -0.2) is 40.5 Å². The standard InChI is InChI=1S/C20H22N2O3S/c23-18-14-26-20(22(18)13-17-5-4-12-25-17)16-8-6-15(7-9-16)19(24)21-10-2-1-3-11-21/h4-9,12,20H,1-3,10-11,13-14H2/t20-/m1/s1. The summed E-state index contributed by atoms with van der Waals surface area (Å²) in [4.78, 5) is 28.7. The first-order valence-electron chi connectivity index (χ1n) is 9.05. The fourth-order valence-corrected chi connectivity index (χ4v) is 4.73. The Kier molecular flexibility index (Phi) is 5.02. The van der Waals surface area contributed by atoms with Crippen LogP contribution in [0.15, 0.2) is 47.1 Å². The summed E-state index contributed by atoms with van der Waals surface area (Å²) >= 11 is 1.62. The summed E-state index contributed by atoms with van der Waals surface area (Å²) in [6, 6.07) is 11.4. The number of hydrogen-bond acceptors (Lipinski definition) is 4. The van der Waals surface area contributed by atoms with Gasteiger partial charge in [0.2, 0.25) is 5.91 Å². The topological polar surface area (TPSA) is 53.8 Å². The lowest BCUT2D eigenvalue weighted by Gasteiger charge is -2.27. The molecule has 1 aromatic carbocycles. The summed E-state index contributed by atoms with van der Waals surface area (Å²) in [5.41, 5.74) is 1.77. The molecule has 2 amide bonds. The number of furan rings is 1. The largest absolute Gasteiger partial charge is 0.467 e. The third-order valence-electron chi connectivity index (χ3n) is 4.96. The molecule has 2 saturated heterocycles. The van der Waals surface area contributed by atoms with Crippen molar-refractivity contribution in [3.8, 4) is 0 Å². The molecule has 136 valence electrons. The molecule has 26 heavy (non-hydrogen) atoms. The highest BCUT2D eigenvalue weighted by atomic mass is 32.2. The molecule has 0 radical (unpaired) electrons. The normalized spacial score (nSPS) is 20.6. The van der Waals surface area contributed by atoms with Gasteiger partial charge in [-0.1, -0.05) is 12.1 Å². The highest BCUT2D eigenvalue weighted by Gasteiger charge is 2.33. The van der Waals surface area contributed by atoms with Crippen molar-refractivity contribution in [2.24, 2.45) is 0 Å². The Morgan fingerprint density at radius 3 is 2.58 bits per heavy atom. The molecule has 2 aliphatic heterocycles. The SMILES string of the molecule is O=C(c1ccc([C@H]2SCC(=O)N2Cc2ccco2)cc1)N1CCCCC1. The van der Waals surface area contributed by atoms with Gasteiger partial charge in [-0.25, -0.2) is 0 Å². The van der Waals surface area contributed by atoms with Crippen molar-refractivity contribution in [2.45, 2.75) is 31.2 Å². The summed E-state index contributed by atoms with van der Waals surface area (Å²) in [6.07, 6.45) is 5.01. The van der Waals surface area contributed by atoms with E-state index >= 15 is 0 Å². The molecule has 1 aromatic heterocycles. The van der Waals surface area contributed by atoms with Gasteiger partial charge in [0, 0.05) is 18.7 Å². The van der Waals surface area contributed by atoms with Crippen molar-refractivity contribution in [3.63, 3.8) is 0 Å². The van der Waals surface area contributed by atoms with Crippen molar-refractivity contribution in [1.29, 1.82) is 0 Å². The van der Waals surface area contributed by atoms with Crippen LogP contribution in [0.2, 0.25) is 0 Å². The molecule has 0 N–H and O–H groups in total. The lowest BCUT2D eigenvalue weighted by molar-refractivity contribution is -0.128. The van der Waals surface area contributed by atoms with Crippen molar-refractivity contribution in [1.82, 2.24) is 9.80 Å². The number of rotatable bonds is 4. The van der Waals surface area contributed by atoms with Crippen LogP contribution < -0.4 is 0 Å². The van der Waals surface area contributed by atoms with Gasteiger partial charge in [0.15, 0.2) is 0 Å². The minimum Gasteiger partial charge on any atom is -0.467 e. The average Bonchev–Trinajstić information content (AvgIpc) is 3.33. The molecule has 0 aliphatic carbocycles. The number of carbonyl (C=O) groups excluding carboxylic acids is 2. The minimum atomic E-state index is -0.0354. The van der Waals surface area contributed by atoms with E-state index in [1.165, 1.54) is 6.42 Å². The molecular weight excluding hydrogens is 348 g/mol. The maximum Gasteiger partial charge on any atom is 0.253 e. The quantitative estimate of drug-likeness (QED) is 0.824. The summed E-state index contributed by atoms with van der Waals surface area (Å²) in [5.74, 6) is 1.48. The van der Waals surface area contributed by atoms with Crippen LogP contribution in [0.4, 0.5) is 0 Å². The number of carbonyl (C=O) groups is 2. The van der Waals surface area contributed by atoms with E-state index in [-0.39, 0.29) is 17.2 Å². The van der Waals surface area contributed by atoms with E-state index in [1.54, 1.807) is 18.0 Å². The van der Waals surface area contributed by atoms with Crippen LogP contribution in [0.5, 0.6) is 0 Å². The number of thioether (sulfide) groups is 1. The second-order valence-corrected chi connectivity index (χ2v) is 7.81. The first kappa shape index (κ1) is 17.2. The fourth-order valence-electron chi connectivity index (χ4n) is 3.54. The lowest BCUT2D eigenvalue weighted by Crippen LogP contribution is -2.35. The number of piperidine rings is 1. The molecular formula is C20H22N2O3S. The van der Waals surface area contributed by atoms with Gasteiger partial charge in [-0.2, -0.15) is 0 Å². The Morgan fingerprint density at radius 2 is 1.88 bits per heavy atom. The Balaban J connectivity index is 1.48. The smallest absolute Gasteiger partial charge is 0.253 e. The highest BCUT2D eigenvalue weighted by Crippen LogP contribution is 2.39. The number of benzene rings is 1. The summed E-state index contributed by atoms with van der Waals surface area (Å²) < 4.78 is 5.39. The zero-order valence-electron chi connectivity index (χ0n) is 14.6. The van der Waals surface area contributed by atoms with E-state index in [1.807, 2.05) is 46.2 Å². The van der Waals surface area contributed by atoms with Crippen LogP contribution in [0.1, 0.15) is 46.3 Å². The Labute approximate surface area is 157 Å². The lowest BCUT2D eigenvalue weighted by atomic mass is 10.1. The second kappa shape index (κ2) is 7.58. The number of amides is 2. The monoisotopic (exact) mass is 370 g/mol. The maximum atomic E-state index is 12.6. The predicted octanol–water partition coefficient (Wildman–Crippen LogP) is 3.68. The highest BCUT2D eigenvalue weighted by molar-refractivity contribution is 8.00. The molecule has 2 aliphatic rings. The molecule has 0 saturated carbocycles. The van der Waals surface area contributed by atoms with Crippen molar-refractivity contribution in [3.05, 3.63) is 59.5 Å². The van der Waals surface area contributed by atoms with E-state index in [4.69, 9.17) is 4.42 Å². The van der Waals surface area contributed by atoms with Crippen molar-refractivity contribution >= 4 is 23.6 Å². The summed E-state index contributed by atoms with van der Waals surface area (Å²) in [6.45, 7) is 2.17. The van der Waals surface area contributed by atoms with Gasteiger partial charge in [-0.3, -0.25) is 9.59 Å². The molecule has 4 rings (SSSR count). The van der Waals surface area contributed by atoms with Crippen LogP contribution in [0.3, 0.4) is 0 Å². The molecule has 3 heterocycles. The van der Waals surface area contributed by atoms with Crippen molar-refractivity contribution in [2.75, 3.05) is 18.8 Å². The maximum absolute atomic E-state index is 12.6. The van der Waals surface area contributed by atoms with E-state index < -0.39 is 0 Å². The van der Waals surface area contributed by atoms with E-state index in [0.717, 1.165) is 42.8 Å². The van der Waals surface area contributed by atoms with E-state index in [0.29, 0.717) is 12.3 Å². The number of nitrogens with zero attached hydrogens (tertiary/aromatic N) is 2. The van der Waals surface area contributed by atoms with Gasteiger partial charge in [-0.05, 0) is 49.1 Å². The van der Waals surface area contributed by atoms with Crippen LogP contribution in [0.25, 0.3) is 0 Å². The van der Waals surface area contributed by atoms with Gasteiger partial charge in [-0.15, -0.1) is 11.8 Å². The molecule has 1 atom stereocenters. The molecule has 0 spiro atoms. The minimum absolute atomic E-state index is 0.0354. The van der Waals surface area contributed by atoms with Crippen LogP contribution >= 0.6 is 11.8 Å². The van der Waals surface area contributed by atoms with Crippen molar-refractivity contribution < 1.29 is 14.0 Å². The molecule has 0 unspecified atom stereocenters. The summed E-state index contributed by atoms with van der Waals surface area (Å²) in [5, 5.41) is -0.0354. The molecule has 2 fully saturated rings. The predicted molar refractivity (Wildman–Crippen MR) is 101 cm³/mol. The third-order valence-corrected chi connectivity index (χ3v) is 6.22. The van der Waals surface area contributed by atoms with Gasteiger partial charge in [0.05, 0.1) is 18.6 Å². The summed E-state index contributed by atoms with van der Waals surface area (Å²) in [7, 11) is 0. The van der Waals surface area contributed by atoms with Gasteiger partial charge >= 0.3 is 0 Å². The molecule has 6 heteroatoms. The zero-order chi connectivity index (χ0) is 17.9.